The molecule has 90 valence electrons. The standard InChI is InChI=1S/C10H10BrN3OS2/c11-8-4-3-7(17-8)5-16-10-13-12-9(15)14(10)6-1-2-6/h3-4,6H,1-2,5H2,(H,12,15). The van der Waals surface area contributed by atoms with Gasteiger partial charge in [0.25, 0.3) is 0 Å². The summed E-state index contributed by atoms with van der Waals surface area (Å²) in [6.07, 6.45) is 2.19. The zero-order valence-corrected chi connectivity index (χ0v) is 12.1. The van der Waals surface area contributed by atoms with Gasteiger partial charge in [0, 0.05) is 16.7 Å². The molecule has 1 aliphatic carbocycles. The molecule has 1 saturated carbocycles. The van der Waals surface area contributed by atoms with Crippen molar-refractivity contribution in [2.75, 3.05) is 0 Å². The van der Waals surface area contributed by atoms with Gasteiger partial charge in [-0.2, -0.15) is 0 Å². The lowest BCUT2D eigenvalue weighted by Gasteiger charge is -2.01. The van der Waals surface area contributed by atoms with Crippen molar-refractivity contribution >= 4 is 39.0 Å². The first-order valence-electron chi connectivity index (χ1n) is 5.28. The third-order valence-electron chi connectivity index (χ3n) is 2.56. The highest BCUT2D eigenvalue weighted by atomic mass is 79.9. The van der Waals surface area contributed by atoms with E-state index in [1.807, 2.05) is 6.07 Å². The van der Waals surface area contributed by atoms with Crippen LogP contribution in [0.1, 0.15) is 23.8 Å². The summed E-state index contributed by atoms with van der Waals surface area (Å²) in [4.78, 5) is 12.8. The minimum atomic E-state index is -0.0811. The van der Waals surface area contributed by atoms with Gasteiger partial charge < -0.3 is 0 Å². The molecule has 2 heterocycles. The van der Waals surface area contributed by atoms with E-state index in [4.69, 9.17) is 0 Å². The van der Waals surface area contributed by atoms with E-state index < -0.39 is 0 Å². The topological polar surface area (TPSA) is 50.7 Å². The Labute approximate surface area is 115 Å². The minimum absolute atomic E-state index is 0.0811. The molecule has 4 nitrogen and oxygen atoms in total. The second kappa shape index (κ2) is 4.62. The summed E-state index contributed by atoms with van der Waals surface area (Å²) >= 11 is 6.77. The van der Waals surface area contributed by atoms with Crippen molar-refractivity contribution in [3.8, 4) is 0 Å². The van der Waals surface area contributed by atoms with Crippen LogP contribution in [-0.4, -0.2) is 14.8 Å². The van der Waals surface area contributed by atoms with Crippen LogP contribution in [0.15, 0.2) is 25.9 Å². The van der Waals surface area contributed by atoms with Crippen molar-refractivity contribution in [1.82, 2.24) is 14.8 Å². The summed E-state index contributed by atoms with van der Waals surface area (Å²) in [6.45, 7) is 0. The third kappa shape index (κ3) is 2.51. The van der Waals surface area contributed by atoms with Gasteiger partial charge in [0.05, 0.1) is 3.79 Å². The monoisotopic (exact) mass is 331 g/mol. The maximum absolute atomic E-state index is 11.6. The zero-order chi connectivity index (χ0) is 11.8. The first-order chi connectivity index (χ1) is 8.24. The van der Waals surface area contributed by atoms with Crippen molar-refractivity contribution < 1.29 is 0 Å². The van der Waals surface area contributed by atoms with Crippen molar-refractivity contribution in [2.24, 2.45) is 0 Å². The molecule has 3 rings (SSSR count). The van der Waals surface area contributed by atoms with Gasteiger partial charge in [-0.05, 0) is 40.9 Å². The molecule has 7 heteroatoms. The zero-order valence-electron chi connectivity index (χ0n) is 8.85. The summed E-state index contributed by atoms with van der Waals surface area (Å²) in [5.74, 6) is 0.854. The Hall–Kier alpha value is -0.530. The number of hydrogen-bond donors (Lipinski definition) is 1. The van der Waals surface area contributed by atoms with Crippen LogP contribution in [0.2, 0.25) is 0 Å². The van der Waals surface area contributed by atoms with Gasteiger partial charge in [-0.3, -0.25) is 4.57 Å². The van der Waals surface area contributed by atoms with E-state index in [0.29, 0.717) is 6.04 Å². The van der Waals surface area contributed by atoms with Gasteiger partial charge in [-0.1, -0.05) is 11.8 Å². The summed E-state index contributed by atoms with van der Waals surface area (Å²) in [7, 11) is 0. The second-order valence-electron chi connectivity index (χ2n) is 3.91. The van der Waals surface area contributed by atoms with E-state index in [9.17, 15) is 4.79 Å². The van der Waals surface area contributed by atoms with Crippen LogP contribution < -0.4 is 5.69 Å². The number of nitrogens with zero attached hydrogens (tertiary/aromatic N) is 2. The molecule has 17 heavy (non-hydrogen) atoms. The average Bonchev–Trinajstić information content (AvgIpc) is 2.95. The molecule has 2 aromatic heterocycles. The van der Waals surface area contributed by atoms with Gasteiger partial charge in [-0.25, -0.2) is 9.89 Å². The van der Waals surface area contributed by atoms with E-state index in [1.165, 1.54) is 4.88 Å². The van der Waals surface area contributed by atoms with Crippen molar-refractivity contribution in [3.63, 3.8) is 0 Å². The molecule has 0 aliphatic heterocycles. The Balaban J connectivity index is 1.75. The second-order valence-corrected chi connectivity index (χ2v) is 7.40. The van der Waals surface area contributed by atoms with E-state index in [0.717, 1.165) is 27.5 Å². The predicted octanol–water partition coefficient (Wildman–Crippen LogP) is 3.02. The highest BCUT2D eigenvalue weighted by Crippen LogP contribution is 2.37. The van der Waals surface area contributed by atoms with E-state index in [-0.39, 0.29) is 5.69 Å². The SMILES string of the molecule is O=c1[nH]nc(SCc2ccc(Br)s2)n1C1CC1. The number of thiophene rings is 1. The molecular formula is C10H10BrN3OS2. The van der Waals surface area contributed by atoms with Crippen LogP contribution in [0.25, 0.3) is 0 Å². The van der Waals surface area contributed by atoms with E-state index >= 15 is 0 Å². The summed E-state index contributed by atoms with van der Waals surface area (Å²) in [5, 5.41) is 7.42. The first kappa shape index (κ1) is 11.6. The molecule has 0 saturated heterocycles. The Morgan fingerprint density at radius 1 is 1.59 bits per heavy atom. The van der Waals surface area contributed by atoms with Gasteiger partial charge in [0.1, 0.15) is 0 Å². The average molecular weight is 332 g/mol. The van der Waals surface area contributed by atoms with E-state index in [2.05, 4.69) is 32.2 Å². The molecule has 0 bridgehead atoms. The van der Waals surface area contributed by atoms with Crippen molar-refractivity contribution in [1.29, 1.82) is 0 Å². The number of thioether (sulfide) groups is 1. The Kier molecular flexibility index (Phi) is 3.14. The van der Waals surface area contributed by atoms with E-state index in [1.54, 1.807) is 27.7 Å². The molecule has 0 spiro atoms. The molecule has 0 amide bonds. The number of rotatable bonds is 4. The molecule has 1 aliphatic rings. The lowest BCUT2D eigenvalue weighted by atomic mass is 10.5. The van der Waals surface area contributed by atoms with Crippen LogP contribution in [0.3, 0.4) is 0 Å². The smallest absolute Gasteiger partial charge is 0.267 e. The lowest BCUT2D eigenvalue weighted by molar-refractivity contribution is 0.642. The van der Waals surface area contributed by atoms with Crippen molar-refractivity contribution in [3.05, 3.63) is 31.3 Å². The van der Waals surface area contributed by atoms with Gasteiger partial charge in [-0.15, -0.1) is 16.4 Å². The molecule has 0 atom stereocenters. The normalized spacial score (nSPS) is 15.4. The first-order valence-corrected chi connectivity index (χ1v) is 7.87. The maximum atomic E-state index is 11.6. The molecule has 0 aromatic carbocycles. The molecule has 0 unspecified atom stereocenters. The largest absolute Gasteiger partial charge is 0.344 e. The maximum Gasteiger partial charge on any atom is 0.344 e. The minimum Gasteiger partial charge on any atom is -0.267 e. The highest BCUT2D eigenvalue weighted by molar-refractivity contribution is 9.11. The van der Waals surface area contributed by atoms with Crippen molar-refractivity contribution in [2.45, 2.75) is 29.8 Å². The molecular weight excluding hydrogens is 322 g/mol. The highest BCUT2D eigenvalue weighted by Gasteiger charge is 2.28. The Bertz CT molecular complexity index is 584. The summed E-state index contributed by atoms with van der Waals surface area (Å²) in [5.41, 5.74) is -0.0811. The fraction of sp³-hybridized carbons (Fsp3) is 0.400. The number of halogens is 1. The fourth-order valence-electron chi connectivity index (χ4n) is 1.61. The van der Waals surface area contributed by atoms with Gasteiger partial charge >= 0.3 is 5.69 Å². The van der Waals surface area contributed by atoms with Crippen LogP contribution in [0, 0.1) is 0 Å². The fourth-order valence-corrected chi connectivity index (χ4v) is 4.15. The Morgan fingerprint density at radius 3 is 3.06 bits per heavy atom. The van der Waals surface area contributed by atoms with Crippen LogP contribution >= 0.6 is 39.0 Å². The van der Waals surface area contributed by atoms with Gasteiger partial charge in [0.2, 0.25) is 0 Å². The van der Waals surface area contributed by atoms with Crippen LogP contribution in [0.5, 0.6) is 0 Å². The predicted molar refractivity (Wildman–Crippen MR) is 72.7 cm³/mol. The number of aromatic nitrogens is 3. The summed E-state index contributed by atoms with van der Waals surface area (Å²) < 4.78 is 2.92. The lowest BCUT2D eigenvalue weighted by Crippen LogP contribution is -2.16. The number of hydrogen-bond acceptors (Lipinski definition) is 4. The third-order valence-corrected chi connectivity index (χ3v) is 5.36. The molecule has 0 radical (unpaired) electrons. The molecule has 2 aromatic rings. The molecule has 1 fully saturated rings. The van der Waals surface area contributed by atoms with Crippen LogP contribution in [0.4, 0.5) is 0 Å². The quantitative estimate of drug-likeness (QED) is 0.876. The molecule has 1 N–H and O–H groups in total. The number of nitrogens with one attached hydrogen (secondary N) is 1. The van der Waals surface area contributed by atoms with Crippen LogP contribution in [-0.2, 0) is 5.75 Å². The Morgan fingerprint density at radius 2 is 2.41 bits per heavy atom. The summed E-state index contributed by atoms with van der Waals surface area (Å²) in [6, 6.07) is 4.51. The number of aromatic amines is 1. The number of H-pyrrole nitrogens is 1. The van der Waals surface area contributed by atoms with Gasteiger partial charge in [0.15, 0.2) is 5.16 Å².